The van der Waals surface area contributed by atoms with Gasteiger partial charge in [-0.2, -0.15) is 12.6 Å². The summed E-state index contributed by atoms with van der Waals surface area (Å²) in [5.74, 6) is 1.77. The van der Waals surface area contributed by atoms with Gasteiger partial charge in [0, 0.05) is 19.0 Å². The number of unbranched alkanes of at least 4 members (excludes halogenated alkanes) is 6. The molecule has 1 rings (SSSR count). The first-order valence-electron chi connectivity index (χ1n) is 9.40. The van der Waals surface area contributed by atoms with Gasteiger partial charge in [-0.05, 0) is 48.8 Å². The number of hydrogen-bond acceptors (Lipinski definition) is 6. The molecule has 0 heterocycles. The number of ether oxygens (including phenoxy) is 1. The third kappa shape index (κ3) is 18.1. The molecule has 1 aromatic rings. The molecule has 0 aliphatic carbocycles. The number of carbonyl (C=O) groups is 1. The Hall–Kier alpha value is -0.690. The van der Waals surface area contributed by atoms with E-state index in [0.29, 0.717) is 13.2 Å². The summed E-state index contributed by atoms with van der Waals surface area (Å²) >= 11 is 5.29. The van der Waals surface area contributed by atoms with Gasteiger partial charge in [-0.3, -0.25) is 0 Å². The molecule has 0 aliphatic rings. The number of benzene rings is 1. The van der Waals surface area contributed by atoms with Crippen LogP contribution in [0.15, 0.2) is 30.3 Å². The first kappa shape index (κ1) is 25.3. The van der Waals surface area contributed by atoms with Crippen LogP contribution in [0, 0.1) is 0 Å². The molecule has 4 nitrogen and oxygen atoms in total. The second-order valence-corrected chi connectivity index (χ2v) is 7.35. The second-order valence-electron chi connectivity index (χ2n) is 5.87. The Bertz CT molecular complexity index is 410. The standard InChI is InChI=1S/C14H20O3S.C6H14OS/c15-10-6-1-2-7-11-18-14(16)17-12-13-8-4-3-5-9-13;7-5-3-1-2-4-6-8/h3-5,8-9,15H,1-2,6-7,10-12H2;7-8H,1-6H2. The van der Waals surface area contributed by atoms with Gasteiger partial charge in [0.2, 0.25) is 0 Å². The summed E-state index contributed by atoms with van der Waals surface area (Å²) in [6.45, 7) is 0.940. The maximum Gasteiger partial charge on any atom is 0.367 e. The summed E-state index contributed by atoms with van der Waals surface area (Å²) in [5, 5.41) is 16.7. The van der Waals surface area contributed by atoms with Crippen LogP contribution in [0.3, 0.4) is 0 Å². The summed E-state index contributed by atoms with van der Waals surface area (Å²) in [6, 6.07) is 9.67. The van der Waals surface area contributed by atoms with E-state index >= 15 is 0 Å². The van der Waals surface area contributed by atoms with E-state index in [4.69, 9.17) is 14.9 Å². The van der Waals surface area contributed by atoms with E-state index in [0.717, 1.165) is 55.6 Å². The molecular weight excluding hydrogens is 368 g/mol. The molecule has 2 N–H and O–H groups in total. The molecule has 0 fully saturated rings. The summed E-state index contributed by atoms with van der Waals surface area (Å²) in [6.07, 6.45) is 8.42. The molecule has 0 aliphatic heterocycles. The minimum atomic E-state index is -0.207. The summed E-state index contributed by atoms with van der Waals surface area (Å²) < 4.78 is 5.14. The maximum absolute atomic E-state index is 11.4. The van der Waals surface area contributed by atoms with Crippen LogP contribution < -0.4 is 0 Å². The quantitative estimate of drug-likeness (QED) is 0.244. The molecule has 0 saturated carbocycles. The zero-order chi connectivity index (χ0) is 19.3. The van der Waals surface area contributed by atoms with E-state index in [1.807, 2.05) is 30.3 Å². The summed E-state index contributed by atoms with van der Waals surface area (Å²) in [4.78, 5) is 11.4. The van der Waals surface area contributed by atoms with Crippen molar-refractivity contribution in [1.29, 1.82) is 0 Å². The van der Waals surface area contributed by atoms with Crippen molar-refractivity contribution in [2.45, 2.75) is 58.0 Å². The van der Waals surface area contributed by atoms with Crippen LogP contribution in [-0.4, -0.2) is 40.2 Å². The minimum absolute atomic E-state index is 0.207. The van der Waals surface area contributed by atoms with Crippen LogP contribution in [-0.2, 0) is 11.3 Å². The normalized spacial score (nSPS) is 10.1. The molecule has 1 aromatic carbocycles. The molecule has 0 aromatic heterocycles. The van der Waals surface area contributed by atoms with Crippen molar-refractivity contribution in [3.05, 3.63) is 35.9 Å². The number of thioether (sulfide) groups is 1. The zero-order valence-electron chi connectivity index (χ0n) is 15.6. The van der Waals surface area contributed by atoms with E-state index in [2.05, 4.69) is 12.6 Å². The maximum atomic E-state index is 11.4. The van der Waals surface area contributed by atoms with Gasteiger partial charge >= 0.3 is 5.30 Å². The van der Waals surface area contributed by atoms with Gasteiger partial charge in [0.25, 0.3) is 0 Å². The van der Waals surface area contributed by atoms with Gasteiger partial charge in [-0.1, -0.05) is 56.0 Å². The molecular formula is C20H34O4S2. The Labute approximate surface area is 168 Å². The topological polar surface area (TPSA) is 66.8 Å². The van der Waals surface area contributed by atoms with Crippen molar-refractivity contribution < 1.29 is 19.7 Å². The highest BCUT2D eigenvalue weighted by atomic mass is 32.2. The van der Waals surface area contributed by atoms with Gasteiger partial charge < -0.3 is 14.9 Å². The Balaban J connectivity index is 0.000000660. The van der Waals surface area contributed by atoms with Gasteiger partial charge in [0.1, 0.15) is 6.61 Å². The predicted molar refractivity (Wildman–Crippen MR) is 114 cm³/mol. The Kier molecular flexibility index (Phi) is 20.1. The van der Waals surface area contributed by atoms with Crippen molar-refractivity contribution in [1.82, 2.24) is 0 Å². The largest absolute Gasteiger partial charge is 0.453 e. The predicted octanol–water partition coefficient (Wildman–Crippen LogP) is 5.08. The van der Waals surface area contributed by atoms with Gasteiger partial charge in [0.05, 0.1) is 0 Å². The Morgan fingerprint density at radius 2 is 1.46 bits per heavy atom. The fraction of sp³-hybridized carbons (Fsp3) is 0.650. The first-order valence-corrected chi connectivity index (χ1v) is 11.0. The molecule has 0 unspecified atom stereocenters. The third-order valence-corrected chi connectivity index (χ3v) is 4.70. The van der Waals surface area contributed by atoms with Crippen molar-refractivity contribution in [3.8, 4) is 0 Å². The fourth-order valence-electron chi connectivity index (χ4n) is 2.06. The average molecular weight is 403 g/mol. The van der Waals surface area contributed by atoms with E-state index < -0.39 is 0 Å². The van der Waals surface area contributed by atoms with Crippen LogP contribution in [0.5, 0.6) is 0 Å². The highest BCUT2D eigenvalue weighted by Crippen LogP contribution is 2.12. The Morgan fingerprint density at radius 1 is 0.885 bits per heavy atom. The number of rotatable bonds is 13. The lowest BCUT2D eigenvalue weighted by Crippen LogP contribution is -1.99. The molecule has 0 spiro atoms. The molecule has 6 heteroatoms. The van der Waals surface area contributed by atoms with Crippen LogP contribution >= 0.6 is 24.4 Å². The van der Waals surface area contributed by atoms with Crippen LogP contribution in [0.1, 0.15) is 56.9 Å². The van der Waals surface area contributed by atoms with Gasteiger partial charge in [-0.25, -0.2) is 4.79 Å². The smallest absolute Gasteiger partial charge is 0.367 e. The molecule has 26 heavy (non-hydrogen) atoms. The molecule has 0 atom stereocenters. The first-order chi connectivity index (χ1) is 12.7. The number of hydrogen-bond donors (Lipinski definition) is 3. The number of aliphatic hydroxyl groups excluding tert-OH is 2. The van der Waals surface area contributed by atoms with Crippen LogP contribution in [0.25, 0.3) is 0 Å². The Morgan fingerprint density at radius 3 is 2.04 bits per heavy atom. The van der Waals surface area contributed by atoms with E-state index in [1.54, 1.807) is 0 Å². The van der Waals surface area contributed by atoms with Gasteiger partial charge in [-0.15, -0.1) is 0 Å². The molecule has 150 valence electrons. The highest BCUT2D eigenvalue weighted by molar-refractivity contribution is 8.13. The molecule has 0 saturated heterocycles. The number of thiol groups is 1. The SMILES string of the molecule is O=C(OCc1ccccc1)SCCCCCCO.OCCCCCCS. The van der Waals surface area contributed by atoms with Crippen molar-refractivity contribution >= 4 is 29.7 Å². The van der Waals surface area contributed by atoms with Crippen LogP contribution in [0.4, 0.5) is 4.79 Å². The van der Waals surface area contributed by atoms with E-state index in [9.17, 15) is 4.79 Å². The number of aliphatic hydroxyl groups is 2. The zero-order valence-corrected chi connectivity index (χ0v) is 17.4. The highest BCUT2D eigenvalue weighted by Gasteiger charge is 2.03. The van der Waals surface area contributed by atoms with Gasteiger partial charge in [0.15, 0.2) is 0 Å². The van der Waals surface area contributed by atoms with Crippen molar-refractivity contribution in [2.24, 2.45) is 0 Å². The lowest BCUT2D eigenvalue weighted by Gasteiger charge is -2.04. The lowest BCUT2D eigenvalue weighted by atomic mass is 10.2. The van der Waals surface area contributed by atoms with E-state index in [-0.39, 0.29) is 11.9 Å². The van der Waals surface area contributed by atoms with Crippen molar-refractivity contribution in [3.63, 3.8) is 0 Å². The second kappa shape index (κ2) is 20.6. The average Bonchev–Trinajstić information content (AvgIpc) is 2.68. The van der Waals surface area contributed by atoms with Crippen LogP contribution in [0.2, 0.25) is 0 Å². The van der Waals surface area contributed by atoms with Crippen molar-refractivity contribution in [2.75, 3.05) is 24.7 Å². The molecule has 0 radical (unpaired) electrons. The molecule has 0 bridgehead atoms. The summed E-state index contributed by atoms with van der Waals surface area (Å²) in [7, 11) is 0. The molecule has 0 amide bonds. The van der Waals surface area contributed by atoms with E-state index in [1.165, 1.54) is 24.6 Å². The number of carbonyl (C=O) groups excluding carboxylic acids is 1. The summed E-state index contributed by atoms with van der Waals surface area (Å²) in [5.41, 5.74) is 1.01. The fourth-order valence-corrected chi connectivity index (χ4v) is 2.94. The third-order valence-electron chi connectivity index (χ3n) is 3.54. The minimum Gasteiger partial charge on any atom is -0.453 e. The monoisotopic (exact) mass is 402 g/mol. The lowest BCUT2D eigenvalue weighted by molar-refractivity contribution is 0.168.